The van der Waals surface area contributed by atoms with Crippen molar-refractivity contribution in [1.29, 1.82) is 5.26 Å². The smallest absolute Gasteiger partial charge is 0.124 e. The minimum atomic E-state index is -0.401. The highest BCUT2D eigenvalue weighted by Gasteiger charge is 2.03. The van der Waals surface area contributed by atoms with Crippen LogP contribution < -0.4 is 5.32 Å². The first kappa shape index (κ1) is 10.2. The molecule has 2 N–H and O–H groups in total. The molecule has 0 bridgehead atoms. The Morgan fingerprint density at radius 3 is 2.94 bits per heavy atom. The molecule has 0 saturated carbocycles. The van der Waals surface area contributed by atoms with Crippen LogP contribution in [0.2, 0.25) is 0 Å². The van der Waals surface area contributed by atoms with E-state index in [0.29, 0.717) is 17.8 Å². The average Bonchev–Trinajstić information content (AvgIpc) is 2.80. The van der Waals surface area contributed by atoms with Crippen LogP contribution in [-0.2, 0) is 6.54 Å². The number of aromatic nitrogens is 1. The van der Waals surface area contributed by atoms with Gasteiger partial charge in [-0.25, -0.2) is 4.39 Å². The summed E-state index contributed by atoms with van der Waals surface area (Å²) in [6.45, 7) is 0.577. The van der Waals surface area contributed by atoms with E-state index in [4.69, 9.17) is 5.26 Å². The number of nitrogens with one attached hydrogen (secondary N) is 2. The van der Waals surface area contributed by atoms with Gasteiger partial charge in [-0.1, -0.05) is 0 Å². The lowest BCUT2D eigenvalue weighted by molar-refractivity contribution is 0.627. The maximum absolute atomic E-state index is 12.9. The molecule has 2 rings (SSSR count). The van der Waals surface area contributed by atoms with Crippen molar-refractivity contribution in [2.75, 3.05) is 5.32 Å². The number of aromatic amines is 1. The number of hydrogen-bond acceptors (Lipinski definition) is 2. The lowest BCUT2D eigenvalue weighted by atomic mass is 10.2. The fraction of sp³-hybridized carbons (Fsp3) is 0.0833. The molecule has 0 amide bonds. The summed E-state index contributed by atoms with van der Waals surface area (Å²) in [7, 11) is 0. The first-order valence-electron chi connectivity index (χ1n) is 4.85. The van der Waals surface area contributed by atoms with E-state index in [-0.39, 0.29) is 0 Å². The molecule has 0 fully saturated rings. The van der Waals surface area contributed by atoms with Crippen molar-refractivity contribution >= 4 is 5.69 Å². The number of rotatable bonds is 3. The summed E-state index contributed by atoms with van der Waals surface area (Å²) in [4.78, 5) is 3.04. The van der Waals surface area contributed by atoms with E-state index in [1.165, 1.54) is 12.1 Å². The highest BCUT2D eigenvalue weighted by Crippen LogP contribution is 2.16. The molecule has 0 spiro atoms. The number of anilines is 1. The lowest BCUT2D eigenvalue weighted by Gasteiger charge is -2.06. The van der Waals surface area contributed by atoms with Crippen molar-refractivity contribution in [3.63, 3.8) is 0 Å². The van der Waals surface area contributed by atoms with Gasteiger partial charge in [0.05, 0.1) is 17.8 Å². The summed E-state index contributed by atoms with van der Waals surface area (Å²) in [5, 5.41) is 11.9. The molecule has 2 aromatic rings. The van der Waals surface area contributed by atoms with Gasteiger partial charge in [0.15, 0.2) is 0 Å². The summed E-state index contributed by atoms with van der Waals surface area (Å²) in [6, 6.07) is 9.90. The summed E-state index contributed by atoms with van der Waals surface area (Å²) in [6.07, 6.45) is 1.83. The Morgan fingerprint density at radius 1 is 1.38 bits per heavy atom. The standard InChI is InChI=1S/C12H10FN3/c13-10-3-4-12(9(6-10)7-14)16-8-11-2-1-5-15-11/h1-6,15-16H,8H2. The quantitative estimate of drug-likeness (QED) is 0.826. The fourth-order valence-electron chi connectivity index (χ4n) is 1.43. The maximum atomic E-state index is 12.9. The number of benzene rings is 1. The van der Waals surface area contributed by atoms with Crippen molar-refractivity contribution in [2.24, 2.45) is 0 Å². The minimum Gasteiger partial charge on any atom is -0.378 e. The van der Waals surface area contributed by atoms with Crippen LogP contribution in [0, 0.1) is 17.1 Å². The molecule has 1 heterocycles. The zero-order valence-corrected chi connectivity index (χ0v) is 8.50. The third-order valence-corrected chi connectivity index (χ3v) is 2.23. The van der Waals surface area contributed by atoms with Gasteiger partial charge in [-0.3, -0.25) is 0 Å². The summed E-state index contributed by atoms with van der Waals surface area (Å²) in [5.74, 6) is -0.401. The van der Waals surface area contributed by atoms with E-state index in [0.717, 1.165) is 5.69 Å². The van der Waals surface area contributed by atoms with Crippen LogP contribution in [0.4, 0.5) is 10.1 Å². The number of nitrogens with zero attached hydrogens (tertiary/aromatic N) is 1. The topological polar surface area (TPSA) is 51.6 Å². The third-order valence-electron chi connectivity index (χ3n) is 2.23. The van der Waals surface area contributed by atoms with Gasteiger partial charge < -0.3 is 10.3 Å². The first-order chi connectivity index (χ1) is 7.79. The monoisotopic (exact) mass is 215 g/mol. The Labute approximate surface area is 92.5 Å². The first-order valence-corrected chi connectivity index (χ1v) is 4.85. The predicted octanol–water partition coefficient (Wildman–Crippen LogP) is 2.64. The van der Waals surface area contributed by atoms with Gasteiger partial charge in [-0.05, 0) is 30.3 Å². The molecule has 1 aromatic carbocycles. The van der Waals surface area contributed by atoms with Gasteiger partial charge in [0.2, 0.25) is 0 Å². The third kappa shape index (κ3) is 2.20. The van der Waals surface area contributed by atoms with Crippen LogP contribution >= 0.6 is 0 Å². The summed E-state index contributed by atoms with van der Waals surface area (Å²) >= 11 is 0. The molecule has 0 aliphatic heterocycles. The van der Waals surface area contributed by atoms with E-state index in [9.17, 15) is 4.39 Å². The van der Waals surface area contributed by atoms with E-state index < -0.39 is 5.82 Å². The van der Waals surface area contributed by atoms with Gasteiger partial charge in [0, 0.05) is 11.9 Å². The van der Waals surface area contributed by atoms with Gasteiger partial charge >= 0.3 is 0 Å². The van der Waals surface area contributed by atoms with Crippen LogP contribution in [0.1, 0.15) is 11.3 Å². The average molecular weight is 215 g/mol. The predicted molar refractivity (Wildman–Crippen MR) is 59.2 cm³/mol. The maximum Gasteiger partial charge on any atom is 0.124 e. The second-order valence-corrected chi connectivity index (χ2v) is 3.35. The van der Waals surface area contributed by atoms with Crippen molar-refractivity contribution in [3.05, 3.63) is 53.6 Å². The van der Waals surface area contributed by atoms with Crippen LogP contribution in [-0.4, -0.2) is 4.98 Å². The Kier molecular flexibility index (Phi) is 2.88. The highest BCUT2D eigenvalue weighted by molar-refractivity contribution is 5.57. The van der Waals surface area contributed by atoms with Crippen LogP contribution in [0.25, 0.3) is 0 Å². The Morgan fingerprint density at radius 2 is 2.25 bits per heavy atom. The molecule has 0 aliphatic rings. The second kappa shape index (κ2) is 4.49. The van der Waals surface area contributed by atoms with E-state index in [2.05, 4.69) is 10.3 Å². The molecule has 0 saturated heterocycles. The molecular weight excluding hydrogens is 205 g/mol. The van der Waals surface area contributed by atoms with Crippen LogP contribution in [0.15, 0.2) is 36.5 Å². The van der Waals surface area contributed by atoms with Crippen LogP contribution in [0.5, 0.6) is 0 Å². The Hall–Kier alpha value is -2.28. The SMILES string of the molecule is N#Cc1cc(F)ccc1NCc1ccc[nH]1. The summed E-state index contributed by atoms with van der Waals surface area (Å²) in [5.41, 5.74) is 1.96. The van der Waals surface area contributed by atoms with Gasteiger partial charge in [-0.15, -0.1) is 0 Å². The second-order valence-electron chi connectivity index (χ2n) is 3.35. The molecule has 4 heteroatoms. The molecule has 0 aliphatic carbocycles. The zero-order chi connectivity index (χ0) is 11.4. The zero-order valence-electron chi connectivity index (χ0n) is 8.50. The molecule has 80 valence electrons. The van der Waals surface area contributed by atoms with Crippen molar-refractivity contribution in [3.8, 4) is 6.07 Å². The molecule has 16 heavy (non-hydrogen) atoms. The van der Waals surface area contributed by atoms with Gasteiger partial charge in [-0.2, -0.15) is 5.26 Å². The molecular formula is C12H10FN3. The Bertz CT molecular complexity index is 512. The normalized spacial score (nSPS) is 9.75. The highest BCUT2D eigenvalue weighted by atomic mass is 19.1. The molecule has 3 nitrogen and oxygen atoms in total. The fourth-order valence-corrected chi connectivity index (χ4v) is 1.43. The molecule has 0 unspecified atom stereocenters. The minimum absolute atomic E-state index is 0.312. The van der Waals surface area contributed by atoms with Crippen molar-refractivity contribution < 1.29 is 4.39 Å². The van der Waals surface area contributed by atoms with Crippen molar-refractivity contribution in [1.82, 2.24) is 4.98 Å². The summed E-state index contributed by atoms with van der Waals surface area (Å²) < 4.78 is 12.9. The number of H-pyrrole nitrogens is 1. The van der Waals surface area contributed by atoms with E-state index in [1.807, 2.05) is 24.4 Å². The van der Waals surface area contributed by atoms with Gasteiger partial charge in [0.25, 0.3) is 0 Å². The van der Waals surface area contributed by atoms with Crippen molar-refractivity contribution in [2.45, 2.75) is 6.54 Å². The number of hydrogen-bond donors (Lipinski definition) is 2. The molecule has 0 atom stereocenters. The molecule has 1 aromatic heterocycles. The van der Waals surface area contributed by atoms with Crippen LogP contribution in [0.3, 0.4) is 0 Å². The lowest BCUT2D eigenvalue weighted by Crippen LogP contribution is -2.01. The molecule has 0 radical (unpaired) electrons. The largest absolute Gasteiger partial charge is 0.378 e. The van der Waals surface area contributed by atoms with Gasteiger partial charge in [0.1, 0.15) is 11.9 Å². The number of nitriles is 1. The van der Waals surface area contributed by atoms with E-state index in [1.54, 1.807) is 6.07 Å². The van der Waals surface area contributed by atoms with E-state index >= 15 is 0 Å². The number of halogens is 1. The Balaban J connectivity index is 2.13.